The van der Waals surface area contributed by atoms with E-state index in [4.69, 9.17) is 22.7 Å². The molecule has 0 aliphatic heterocycles. The van der Waals surface area contributed by atoms with Crippen molar-refractivity contribution >= 4 is 22.9 Å². The summed E-state index contributed by atoms with van der Waals surface area (Å²) >= 11 is 4.72. The van der Waals surface area contributed by atoms with E-state index in [-0.39, 0.29) is 16.6 Å². The van der Waals surface area contributed by atoms with Gasteiger partial charge in [-0.2, -0.15) is 0 Å². The van der Waals surface area contributed by atoms with Gasteiger partial charge in [-0.05, 0) is 25.1 Å². The molecule has 5 heteroatoms. The van der Waals surface area contributed by atoms with Gasteiger partial charge in [0.1, 0.15) is 10.8 Å². The van der Waals surface area contributed by atoms with Gasteiger partial charge in [-0.1, -0.05) is 12.2 Å². The van der Waals surface area contributed by atoms with Crippen LogP contribution in [0.5, 0.6) is 0 Å². The molecule has 0 saturated carbocycles. The fourth-order valence-electron chi connectivity index (χ4n) is 1.38. The van der Waals surface area contributed by atoms with Crippen LogP contribution in [0.1, 0.15) is 12.5 Å². The monoisotopic (exact) mass is 242 g/mol. The lowest BCUT2D eigenvalue weighted by atomic mass is 10.2. The molecule has 1 aromatic rings. The summed E-state index contributed by atoms with van der Waals surface area (Å²) in [7, 11) is 1.62. The van der Waals surface area contributed by atoms with E-state index in [1.165, 1.54) is 6.07 Å². The second-order valence-corrected chi connectivity index (χ2v) is 4.00. The molecular formula is C11H15FN2OS. The number of anilines is 1. The zero-order valence-electron chi connectivity index (χ0n) is 9.29. The summed E-state index contributed by atoms with van der Waals surface area (Å²) in [6.45, 7) is 2.50. The molecule has 0 aliphatic rings. The van der Waals surface area contributed by atoms with E-state index in [9.17, 15) is 4.39 Å². The van der Waals surface area contributed by atoms with Crippen molar-refractivity contribution in [2.45, 2.75) is 13.0 Å². The van der Waals surface area contributed by atoms with E-state index in [0.29, 0.717) is 12.3 Å². The van der Waals surface area contributed by atoms with Crippen LogP contribution in [-0.4, -0.2) is 24.7 Å². The van der Waals surface area contributed by atoms with Crippen molar-refractivity contribution in [2.75, 3.05) is 19.0 Å². The summed E-state index contributed by atoms with van der Waals surface area (Å²) in [5.74, 6) is -0.415. The summed E-state index contributed by atoms with van der Waals surface area (Å²) in [4.78, 5) is 0.0639. The molecule has 0 radical (unpaired) electrons. The van der Waals surface area contributed by atoms with Gasteiger partial charge in [0, 0.05) is 24.4 Å². The average molecular weight is 242 g/mol. The Kier molecular flexibility index (Phi) is 4.64. The number of benzene rings is 1. The molecule has 0 saturated heterocycles. The van der Waals surface area contributed by atoms with Crippen molar-refractivity contribution in [3.05, 3.63) is 29.6 Å². The molecule has 1 atom stereocenters. The highest BCUT2D eigenvalue weighted by Gasteiger charge is 2.07. The van der Waals surface area contributed by atoms with Gasteiger partial charge < -0.3 is 15.8 Å². The first kappa shape index (κ1) is 12.9. The van der Waals surface area contributed by atoms with E-state index in [0.717, 1.165) is 0 Å². The number of ether oxygens (including phenoxy) is 1. The fourth-order valence-corrected chi connectivity index (χ4v) is 1.55. The van der Waals surface area contributed by atoms with Gasteiger partial charge in [-0.25, -0.2) is 4.39 Å². The van der Waals surface area contributed by atoms with Crippen LogP contribution in [0, 0.1) is 5.82 Å². The van der Waals surface area contributed by atoms with Gasteiger partial charge >= 0.3 is 0 Å². The Hall–Kier alpha value is -1.20. The van der Waals surface area contributed by atoms with E-state index in [2.05, 4.69) is 5.32 Å². The fraction of sp³-hybridized carbons (Fsp3) is 0.364. The van der Waals surface area contributed by atoms with Crippen molar-refractivity contribution in [1.29, 1.82) is 0 Å². The van der Waals surface area contributed by atoms with Crippen LogP contribution in [0.25, 0.3) is 0 Å². The van der Waals surface area contributed by atoms with Crippen molar-refractivity contribution < 1.29 is 9.13 Å². The maximum atomic E-state index is 13.5. The molecule has 3 N–H and O–H groups in total. The standard InChI is InChI=1S/C11H15FN2OS/c1-7(6-15-2)14-8-3-4-9(11(13)16)10(12)5-8/h3-5,7,14H,6H2,1-2H3,(H2,13,16). The number of halogens is 1. The lowest BCUT2D eigenvalue weighted by molar-refractivity contribution is 0.190. The molecule has 0 aliphatic carbocycles. The van der Waals surface area contributed by atoms with Crippen molar-refractivity contribution in [2.24, 2.45) is 5.73 Å². The van der Waals surface area contributed by atoms with Crippen LogP contribution in [0.4, 0.5) is 10.1 Å². The summed E-state index contributed by atoms with van der Waals surface area (Å²) in [5, 5.41) is 3.10. The number of hydrogen-bond donors (Lipinski definition) is 2. The minimum Gasteiger partial charge on any atom is -0.389 e. The van der Waals surface area contributed by atoms with Crippen molar-refractivity contribution in [3.63, 3.8) is 0 Å². The predicted octanol–water partition coefficient (Wildman–Crippen LogP) is 1.91. The van der Waals surface area contributed by atoms with E-state index in [1.54, 1.807) is 19.2 Å². The number of rotatable bonds is 5. The summed E-state index contributed by atoms with van der Waals surface area (Å²) in [6.07, 6.45) is 0. The van der Waals surface area contributed by atoms with Crippen LogP contribution in [0.3, 0.4) is 0 Å². The molecule has 1 rings (SSSR count). The molecule has 1 aromatic carbocycles. The van der Waals surface area contributed by atoms with Crippen molar-refractivity contribution in [3.8, 4) is 0 Å². The largest absolute Gasteiger partial charge is 0.389 e. The molecule has 0 fully saturated rings. The van der Waals surface area contributed by atoms with Gasteiger partial charge in [0.15, 0.2) is 0 Å². The van der Waals surface area contributed by atoms with Crippen LogP contribution >= 0.6 is 12.2 Å². The third-order valence-electron chi connectivity index (χ3n) is 2.06. The maximum Gasteiger partial charge on any atom is 0.135 e. The molecule has 88 valence electrons. The molecule has 16 heavy (non-hydrogen) atoms. The summed E-state index contributed by atoms with van der Waals surface area (Å²) in [6, 6.07) is 4.80. The zero-order chi connectivity index (χ0) is 12.1. The Balaban J connectivity index is 2.77. The Morgan fingerprint density at radius 2 is 2.31 bits per heavy atom. The number of hydrogen-bond acceptors (Lipinski definition) is 3. The van der Waals surface area contributed by atoms with Gasteiger partial charge in [0.05, 0.1) is 6.61 Å². The third-order valence-corrected chi connectivity index (χ3v) is 2.28. The minimum atomic E-state index is -0.415. The third kappa shape index (κ3) is 3.43. The number of nitrogens with two attached hydrogens (primary N) is 1. The zero-order valence-corrected chi connectivity index (χ0v) is 10.1. The summed E-state index contributed by atoms with van der Waals surface area (Å²) < 4.78 is 18.5. The van der Waals surface area contributed by atoms with Gasteiger partial charge in [-0.3, -0.25) is 0 Å². The molecule has 0 spiro atoms. The van der Waals surface area contributed by atoms with E-state index >= 15 is 0 Å². The number of nitrogens with one attached hydrogen (secondary N) is 1. The molecule has 0 aromatic heterocycles. The van der Waals surface area contributed by atoms with E-state index in [1.807, 2.05) is 6.92 Å². The Morgan fingerprint density at radius 1 is 1.62 bits per heavy atom. The predicted molar refractivity (Wildman–Crippen MR) is 67.2 cm³/mol. The van der Waals surface area contributed by atoms with Crippen LogP contribution in [-0.2, 0) is 4.74 Å². The van der Waals surface area contributed by atoms with Gasteiger partial charge in [0.25, 0.3) is 0 Å². The van der Waals surface area contributed by atoms with Gasteiger partial charge in [-0.15, -0.1) is 0 Å². The van der Waals surface area contributed by atoms with E-state index < -0.39 is 5.82 Å². The van der Waals surface area contributed by atoms with Crippen LogP contribution in [0.15, 0.2) is 18.2 Å². The highest BCUT2D eigenvalue weighted by molar-refractivity contribution is 7.80. The number of thiocarbonyl (C=S) groups is 1. The van der Waals surface area contributed by atoms with Crippen LogP contribution in [0.2, 0.25) is 0 Å². The smallest absolute Gasteiger partial charge is 0.135 e. The first-order valence-electron chi connectivity index (χ1n) is 4.89. The Morgan fingerprint density at radius 3 is 2.81 bits per heavy atom. The first-order valence-corrected chi connectivity index (χ1v) is 5.30. The second kappa shape index (κ2) is 5.77. The lowest BCUT2D eigenvalue weighted by Gasteiger charge is -2.14. The molecule has 1 unspecified atom stereocenters. The normalized spacial score (nSPS) is 12.2. The Bertz CT molecular complexity index is 384. The van der Waals surface area contributed by atoms with Crippen LogP contribution < -0.4 is 11.1 Å². The maximum absolute atomic E-state index is 13.5. The Labute approximate surface area is 99.8 Å². The lowest BCUT2D eigenvalue weighted by Crippen LogP contribution is -2.21. The average Bonchev–Trinajstić information content (AvgIpc) is 2.17. The molecular weight excluding hydrogens is 227 g/mol. The minimum absolute atomic E-state index is 0.0639. The first-order chi connectivity index (χ1) is 7.54. The molecule has 0 amide bonds. The quantitative estimate of drug-likeness (QED) is 0.774. The highest BCUT2D eigenvalue weighted by Crippen LogP contribution is 2.15. The topological polar surface area (TPSA) is 47.3 Å². The van der Waals surface area contributed by atoms with Crippen molar-refractivity contribution in [1.82, 2.24) is 0 Å². The SMILES string of the molecule is COCC(C)Nc1ccc(C(N)=S)c(F)c1. The number of methoxy groups -OCH3 is 1. The molecule has 0 heterocycles. The van der Waals surface area contributed by atoms with Gasteiger partial charge in [0.2, 0.25) is 0 Å². The highest BCUT2D eigenvalue weighted by atomic mass is 32.1. The summed E-state index contributed by atoms with van der Waals surface area (Å²) in [5.41, 5.74) is 6.31. The molecule has 0 bridgehead atoms. The second-order valence-electron chi connectivity index (χ2n) is 3.56. The molecule has 3 nitrogen and oxygen atoms in total.